The minimum absolute atomic E-state index is 0.669. The van der Waals surface area contributed by atoms with Gasteiger partial charge in [-0.15, -0.1) is 11.3 Å². The van der Waals surface area contributed by atoms with Crippen LogP contribution in [0.25, 0.3) is 0 Å². The van der Waals surface area contributed by atoms with Crippen molar-refractivity contribution in [3.63, 3.8) is 0 Å². The minimum Gasteiger partial charge on any atom is -0.383 e. The fourth-order valence-corrected chi connectivity index (χ4v) is 2.53. The third kappa shape index (κ3) is 1.82. The molecule has 2 heterocycles. The Morgan fingerprint density at radius 1 is 1.50 bits per heavy atom. The molecule has 2 rings (SSSR count). The van der Waals surface area contributed by atoms with Gasteiger partial charge in [0, 0.05) is 18.5 Å². The topological polar surface area (TPSA) is 36.4 Å². The molecule has 0 aromatic carbocycles. The van der Waals surface area contributed by atoms with Crippen LogP contribution in [0.4, 0.5) is 0 Å². The fraction of sp³-hybridized carbons (Fsp3) is 0.700. The smallest absolute Gasteiger partial charge is 0.110 e. The van der Waals surface area contributed by atoms with E-state index in [0.29, 0.717) is 0 Å². The summed E-state index contributed by atoms with van der Waals surface area (Å²) in [6, 6.07) is 0. The number of hydrogen-bond donors (Lipinski definition) is 1. The number of piperidine rings is 1. The van der Waals surface area contributed by atoms with Crippen LogP contribution < -0.4 is 0 Å². The van der Waals surface area contributed by atoms with Gasteiger partial charge < -0.3 is 10.0 Å². The first-order chi connectivity index (χ1) is 6.60. The van der Waals surface area contributed by atoms with E-state index < -0.39 is 5.60 Å². The average Bonchev–Trinajstić information content (AvgIpc) is 2.58. The van der Waals surface area contributed by atoms with Crippen molar-refractivity contribution in [2.75, 3.05) is 20.1 Å². The van der Waals surface area contributed by atoms with Gasteiger partial charge in [0.25, 0.3) is 0 Å². The molecule has 1 aliphatic heterocycles. The van der Waals surface area contributed by atoms with E-state index in [1.807, 2.05) is 12.3 Å². The molecule has 14 heavy (non-hydrogen) atoms. The third-order valence-corrected chi connectivity index (χ3v) is 3.68. The highest BCUT2D eigenvalue weighted by Gasteiger charge is 2.34. The van der Waals surface area contributed by atoms with Gasteiger partial charge in [-0.1, -0.05) is 0 Å². The zero-order valence-electron chi connectivity index (χ0n) is 8.66. The molecule has 0 bridgehead atoms. The number of aromatic nitrogens is 1. The number of thiazole rings is 1. The third-order valence-electron chi connectivity index (χ3n) is 2.91. The standard InChI is InChI=1S/C10H16N2OS/c1-8-11-9(7-14-8)10(13)3-5-12(2)6-4-10/h7,13H,3-6H2,1-2H3. The Hall–Kier alpha value is -0.450. The van der Waals surface area contributed by atoms with Gasteiger partial charge in [-0.2, -0.15) is 0 Å². The fourth-order valence-electron chi connectivity index (χ4n) is 1.82. The first-order valence-electron chi connectivity index (χ1n) is 4.94. The van der Waals surface area contributed by atoms with Crippen molar-refractivity contribution in [3.05, 3.63) is 16.1 Å². The van der Waals surface area contributed by atoms with Crippen molar-refractivity contribution in [1.82, 2.24) is 9.88 Å². The maximum atomic E-state index is 10.4. The zero-order valence-corrected chi connectivity index (χ0v) is 9.47. The molecular formula is C10H16N2OS. The summed E-state index contributed by atoms with van der Waals surface area (Å²) in [7, 11) is 2.09. The Labute approximate surface area is 88.4 Å². The van der Waals surface area contributed by atoms with E-state index in [2.05, 4.69) is 16.9 Å². The van der Waals surface area contributed by atoms with Gasteiger partial charge in [0.05, 0.1) is 10.7 Å². The van der Waals surface area contributed by atoms with Crippen molar-refractivity contribution in [2.45, 2.75) is 25.4 Å². The van der Waals surface area contributed by atoms with Gasteiger partial charge in [-0.25, -0.2) is 4.98 Å². The van der Waals surface area contributed by atoms with Crippen LogP contribution in [0.15, 0.2) is 5.38 Å². The van der Waals surface area contributed by atoms with Crippen LogP contribution in [-0.4, -0.2) is 35.1 Å². The maximum absolute atomic E-state index is 10.4. The first kappa shape index (κ1) is 10.1. The Balaban J connectivity index is 2.16. The highest BCUT2D eigenvalue weighted by molar-refractivity contribution is 7.09. The van der Waals surface area contributed by atoms with Crippen molar-refractivity contribution in [2.24, 2.45) is 0 Å². The highest BCUT2D eigenvalue weighted by Crippen LogP contribution is 2.32. The Bertz CT molecular complexity index is 316. The summed E-state index contributed by atoms with van der Waals surface area (Å²) in [6.07, 6.45) is 1.60. The van der Waals surface area contributed by atoms with Gasteiger partial charge in [0.15, 0.2) is 0 Å². The van der Waals surface area contributed by atoms with Crippen LogP contribution in [0.5, 0.6) is 0 Å². The number of rotatable bonds is 1. The molecule has 1 aliphatic rings. The van der Waals surface area contributed by atoms with E-state index in [1.54, 1.807) is 11.3 Å². The summed E-state index contributed by atoms with van der Waals surface area (Å²) in [4.78, 5) is 6.62. The minimum atomic E-state index is -0.669. The number of aryl methyl sites for hydroxylation is 1. The molecule has 1 N–H and O–H groups in total. The van der Waals surface area contributed by atoms with Gasteiger partial charge in [-0.3, -0.25) is 0 Å². The maximum Gasteiger partial charge on any atom is 0.110 e. The molecular weight excluding hydrogens is 196 g/mol. The lowest BCUT2D eigenvalue weighted by Gasteiger charge is -2.35. The first-order valence-corrected chi connectivity index (χ1v) is 5.82. The van der Waals surface area contributed by atoms with Gasteiger partial charge in [-0.05, 0) is 26.8 Å². The predicted molar refractivity (Wildman–Crippen MR) is 57.5 cm³/mol. The second kappa shape index (κ2) is 3.61. The Kier molecular flexibility index (Phi) is 2.60. The normalized spacial score (nSPS) is 22.5. The SMILES string of the molecule is Cc1nc(C2(O)CCN(C)CC2)cs1. The summed E-state index contributed by atoms with van der Waals surface area (Å²) in [5.74, 6) is 0. The summed E-state index contributed by atoms with van der Waals surface area (Å²) < 4.78 is 0. The molecule has 0 aliphatic carbocycles. The Morgan fingerprint density at radius 2 is 2.14 bits per heavy atom. The van der Waals surface area contributed by atoms with E-state index in [4.69, 9.17) is 0 Å². The molecule has 0 radical (unpaired) electrons. The van der Waals surface area contributed by atoms with E-state index in [0.717, 1.165) is 36.6 Å². The largest absolute Gasteiger partial charge is 0.383 e. The second-order valence-corrected chi connectivity index (χ2v) is 5.15. The number of likely N-dealkylation sites (tertiary alicyclic amines) is 1. The molecule has 0 atom stereocenters. The molecule has 78 valence electrons. The molecule has 3 nitrogen and oxygen atoms in total. The van der Waals surface area contributed by atoms with Crippen LogP contribution in [-0.2, 0) is 5.60 Å². The molecule has 0 unspecified atom stereocenters. The summed E-state index contributed by atoms with van der Waals surface area (Å²) >= 11 is 1.61. The summed E-state index contributed by atoms with van der Waals surface area (Å²) in [5, 5.41) is 13.4. The van der Waals surface area contributed by atoms with Crippen molar-refractivity contribution < 1.29 is 5.11 Å². The molecule has 4 heteroatoms. The lowest BCUT2D eigenvalue weighted by Crippen LogP contribution is -2.40. The Morgan fingerprint density at radius 3 is 2.64 bits per heavy atom. The predicted octanol–water partition coefficient (Wildman–Crippen LogP) is 1.36. The number of nitrogens with zero attached hydrogens (tertiary/aromatic N) is 2. The van der Waals surface area contributed by atoms with Crippen molar-refractivity contribution in [1.29, 1.82) is 0 Å². The molecule has 0 spiro atoms. The lowest BCUT2D eigenvalue weighted by atomic mass is 9.89. The molecule has 1 aromatic heterocycles. The van der Waals surface area contributed by atoms with Gasteiger partial charge in [0.1, 0.15) is 5.60 Å². The van der Waals surface area contributed by atoms with Crippen LogP contribution >= 0.6 is 11.3 Å². The van der Waals surface area contributed by atoms with Crippen molar-refractivity contribution >= 4 is 11.3 Å². The van der Waals surface area contributed by atoms with Gasteiger partial charge >= 0.3 is 0 Å². The quantitative estimate of drug-likeness (QED) is 0.763. The van der Waals surface area contributed by atoms with Crippen LogP contribution in [0.3, 0.4) is 0 Å². The highest BCUT2D eigenvalue weighted by atomic mass is 32.1. The van der Waals surface area contributed by atoms with E-state index in [-0.39, 0.29) is 0 Å². The average molecular weight is 212 g/mol. The van der Waals surface area contributed by atoms with Crippen molar-refractivity contribution in [3.8, 4) is 0 Å². The lowest BCUT2D eigenvalue weighted by molar-refractivity contribution is -0.0234. The number of aliphatic hydroxyl groups is 1. The van der Waals surface area contributed by atoms with E-state index >= 15 is 0 Å². The molecule has 1 fully saturated rings. The van der Waals surface area contributed by atoms with Crippen LogP contribution in [0.1, 0.15) is 23.5 Å². The second-order valence-electron chi connectivity index (χ2n) is 4.09. The number of hydrogen-bond acceptors (Lipinski definition) is 4. The molecule has 1 aromatic rings. The summed E-state index contributed by atoms with van der Waals surface area (Å²) in [5.41, 5.74) is 0.199. The van der Waals surface area contributed by atoms with Crippen LogP contribution in [0, 0.1) is 6.92 Å². The molecule has 0 saturated carbocycles. The van der Waals surface area contributed by atoms with Crippen LogP contribution in [0.2, 0.25) is 0 Å². The molecule has 0 amide bonds. The van der Waals surface area contributed by atoms with E-state index in [9.17, 15) is 5.11 Å². The summed E-state index contributed by atoms with van der Waals surface area (Å²) in [6.45, 7) is 3.88. The monoisotopic (exact) mass is 212 g/mol. The van der Waals surface area contributed by atoms with Gasteiger partial charge in [0.2, 0.25) is 0 Å². The zero-order chi connectivity index (χ0) is 10.2. The van der Waals surface area contributed by atoms with E-state index in [1.165, 1.54) is 0 Å². The molecule has 1 saturated heterocycles.